The molecule has 0 saturated carbocycles. The van der Waals surface area contributed by atoms with Gasteiger partial charge in [-0.15, -0.1) is 10.2 Å². The van der Waals surface area contributed by atoms with Crippen molar-refractivity contribution in [3.63, 3.8) is 0 Å². The van der Waals surface area contributed by atoms with Gasteiger partial charge in [0.15, 0.2) is 11.0 Å². The van der Waals surface area contributed by atoms with Crippen molar-refractivity contribution in [2.75, 3.05) is 11.1 Å². The molecule has 0 fully saturated rings. The summed E-state index contributed by atoms with van der Waals surface area (Å²) in [5.41, 5.74) is 1.09. The fraction of sp³-hybridized carbons (Fsp3) is 0.231. The van der Waals surface area contributed by atoms with Gasteiger partial charge in [0.2, 0.25) is 5.91 Å². The van der Waals surface area contributed by atoms with E-state index in [0.29, 0.717) is 21.6 Å². The number of nitrogens with one attached hydrogen (secondary N) is 2. The Hall–Kier alpha value is -3.07. The third-order valence-corrected chi connectivity index (χ3v) is 7.24. The van der Waals surface area contributed by atoms with Crippen molar-refractivity contribution in [2.45, 2.75) is 25.0 Å². The average molecular weight is 542 g/mol. The molecule has 2 N–H and O–H groups in total. The van der Waals surface area contributed by atoms with Crippen molar-refractivity contribution in [1.82, 2.24) is 20.1 Å². The van der Waals surface area contributed by atoms with Crippen LogP contribution in [0.15, 0.2) is 65.8 Å². The summed E-state index contributed by atoms with van der Waals surface area (Å²) in [6.07, 6.45) is 0. The zero-order valence-electron chi connectivity index (χ0n) is 20.0. The molecular formula is C26H25Cl2N5O2S. The van der Waals surface area contributed by atoms with E-state index in [1.54, 1.807) is 16.7 Å². The molecular weight excluding hydrogens is 517 g/mol. The molecule has 0 radical (unpaired) electrons. The minimum atomic E-state index is -0.416. The van der Waals surface area contributed by atoms with Crippen LogP contribution in [-0.2, 0) is 11.8 Å². The zero-order valence-corrected chi connectivity index (χ0v) is 22.3. The largest absolute Gasteiger partial charge is 0.342 e. The normalized spacial score (nSPS) is 12.1. The minimum Gasteiger partial charge on any atom is -0.342 e. The molecule has 4 aromatic rings. The van der Waals surface area contributed by atoms with Crippen LogP contribution in [0, 0.1) is 5.92 Å². The summed E-state index contributed by atoms with van der Waals surface area (Å²) >= 11 is 13.4. The second-order valence-corrected chi connectivity index (χ2v) is 10.4. The summed E-state index contributed by atoms with van der Waals surface area (Å²) in [4.78, 5) is 25.6. The standard InChI is InChI=1S/C26H25Cl2N5O2S/c1-15(2)23(30-25(35)19-12-11-17(27)13-20(19)28)24-31-32-26(33(24)3)36-14-22(34)29-21-10-6-8-16-7-4-5-9-18(16)21/h4-13,15,23H,14H2,1-3H3,(H,29,34)(H,30,35)/t23-/m0/s1. The number of nitrogens with zero attached hydrogens (tertiary/aromatic N) is 3. The summed E-state index contributed by atoms with van der Waals surface area (Å²) < 4.78 is 1.80. The van der Waals surface area contributed by atoms with E-state index in [1.165, 1.54) is 17.8 Å². The smallest absolute Gasteiger partial charge is 0.253 e. The molecule has 0 aliphatic rings. The molecule has 0 saturated heterocycles. The van der Waals surface area contributed by atoms with Gasteiger partial charge in [0.05, 0.1) is 22.4 Å². The average Bonchev–Trinajstić information content (AvgIpc) is 3.21. The quantitative estimate of drug-likeness (QED) is 0.262. The lowest BCUT2D eigenvalue weighted by molar-refractivity contribution is -0.113. The van der Waals surface area contributed by atoms with Crippen LogP contribution < -0.4 is 10.6 Å². The van der Waals surface area contributed by atoms with Crippen LogP contribution in [-0.4, -0.2) is 32.3 Å². The first-order chi connectivity index (χ1) is 17.2. The van der Waals surface area contributed by atoms with Crippen molar-refractivity contribution < 1.29 is 9.59 Å². The van der Waals surface area contributed by atoms with E-state index >= 15 is 0 Å². The number of benzene rings is 3. The van der Waals surface area contributed by atoms with Crippen LogP contribution in [0.3, 0.4) is 0 Å². The molecule has 186 valence electrons. The van der Waals surface area contributed by atoms with E-state index < -0.39 is 6.04 Å². The van der Waals surface area contributed by atoms with Gasteiger partial charge in [-0.25, -0.2) is 0 Å². The van der Waals surface area contributed by atoms with E-state index in [4.69, 9.17) is 23.2 Å². The van der Waals surface area contributed by atoms with E-state index in [1.807, 2.05) is 63.4 Å². The Bertz CT molecular complexity index is 1420. The molecule has 3 aromatic carbocycles. The molecule has 4 rings (SSSR count). The Morgan fingerprint density at radius 2 is 1.78 bits per heavy atom. The summed E-state index contributed by atoms with van der Waals surface area (Å²) in [5.74, 6) is 0.290. The first-order valence-corrected chi connectivity index (χ1v) is 13.0. The number of carbonyl (C=O) groups excluding carboxylic acids is 2. The molecule has 0 spiro atoms. The van der Waals surface area contributed by atoms with Gasteiger partial charge in [0.1, 0.15) is 0 Å². The predicted molar refractivity (Wildman–Crippen MR) is 146 cm³/mol. The maximum absolute atomic E-state index is 12.9. The van der Waals surface area contributed by atoms with Crippen LogP contribution in [0.5, 0.6) is 0 Å². The molecule has 2 amide bonds. The van der Waals surface area contributed by atoms with E-state index in [0.717, 1.165) is 16.5 Å². The molecule has 7 nitrogen and oxygen atoms in total. The predicted octanol–water partition coefficient (Wildman–Crippen LogP) is 6.13. The van der Waals surface area contributed by atoms with Crippen LogP contribution in [0.4, 0.5) is 5.69 Å². The summed E-state index contributed by atoms with van der Waals surface area (Å²) in [6, 6.07) is 18.0. The number of hydrogen-bond donors (Lipinski definition) is 2. The first kappa shape index (κ1) is 26.0. The van der Waals surface area contributed by atoms with Crippen LogP contribution >= 0.6 is 35.0 Å². The van der Waals surface area contributed by atoms with E-state index in [9.17, 15) is 9.59 Å². The highest BCUT2D eigenvalue weighted by Crippen LogP contribution is 2.27. The maximum Gasteiger partial charge on any atom is 0.253 e. The number of amides is 2. The molecule has 0 aliphatic heterocycles. The highest BCUT2D eigenvalue weighted by molar-refractivity contribution is 7.99. The highest BCUT2D eigenvalue weighted by Gasteiger charge is 2.26. The zero-order chi connectivity index (χ0) is 25.8. The van der Waals surface area contributed by atoms with Gasteiger partial charge in [-0.05, 0) is 35.6 Å². The lowest BCUT2D eigenvalue weighted by Gasteiger charge is -2.22. The summed E-state index contributed by atoms with van der Waals surface area (Å²) in [7, 11) is 1.82. The van der Waals surface area contributed by atoms with Gasteiger partial charge < -0.3 is 15.2 Å². The molecule has 0 bridgehead atoms. The molecule has 1 atom stereocenters. The van der Waals surface area contributed by atoms with Gasteiger partial charge in [-0.3, -0.25) is 9.59 Å². The van der Waals surface area contributed by atoms with Gasteiger partial charge in [0.25, 0.3) is 5.91 Å². The van der Waals surface area contributed by atoms with Gasteiger partial charge >= 0.3 is 0 Å². The van der Waals surface area contributed by atoms with Crippen LogP contribution in [0.25, 0.3) is 10.8 Å². The van der Waals surface area contributed by atoms with Gasteiger partial charge in [-0.1, -0.05) is 85.2 Å². The number of thioether (sulfide) groups is 1. The number of hydrogen-bond acceptors (Lipinski definition) is 5. The highest BCUT2D eigenvalue weighted by atomic mass is 35.5. The van der Waals surface area contributed by atoms with Crippen molar-refractivity contribution in [2.24, 2.45) is 13.0 Å². The fourth-order valence-electron chi connectivity index (χ4n) is 3.80. The molecule has 36 heavy (non-hydrogen) atoms. The maximum atomic E-state index is 12.9. The number of fused-ring (bicyclic) bond motifs is 1. The van der Waals surface area contributed by atoms with E-state index in [-0.39, 0.29) is 28.5 Å². The minimum absolute atomic E-state index is 0.0236. The number of halogens is 2. The number of anilines is 1. The number of aromatic nitrogens is 3. The molecule has 10 heteroatoms. The third kappa shape index (κ3) is 5.83. The Kier molecular flexibility index (Phi) is 8.18. The Morgan fingerprint density at radius 3 is 2.53 bits per heavy atom. The summed E-state index contributed by atoms with van der Waals surface area (Å²) in [6.45, 7) is 3.96. The van der Waals surface area contributed by atoms with Crippen molar-refractivity contribution >= 4 is 63.2 Å². The van der Waals surface area contributed by atoms with Crippen molar-refractivity contribution in [1.29, 1.82) is 0 Å². The van der Waals surface area contributed by atoms with Crippen molar-refractivity contribution in [3.8, 4) is 0 Å². The Morgan fingerprint density at radius 1 is 1.03 bits per heavy atom. The molecule has 0 aliphatic carbocycles. The van der Waals surface area contributed by atoms with Gasteiger partial charge in [0, 0.05) is 23.1 Å². The topological polar surface area (TPSA) is 88.9 Å². The second-order valence-electron chi connectivity index (χ2n) is 8.58. The van der Waals surface area contributed by atoms with Crippen molar-refractivity contribution in [3.05, 3.63) is 82.1 Å². The first-order valence-electron chi connectivity index (χ1n) is 11.3. The number of carbonyl (C=O) groups is 2. The summed E-state index contributed by atoms with van der Waals surface area (Å²) in [5, 5.41) is 17.9. The SMILES string of the molecule is CC(C)[C@H](NC(=O)c1ccc(Cl)cc1Cl)c1nnc(SCC(=O)Nc2cccc3ccccc23)n1C. The van der Waals surface area contributed by atoms with Crippen LogP contribution in [0.2, 0.25) is 10.0 Å². The van der Waals surface area contributed by atoms with E-state index in [2.05, 4.69) is 20.8 Å². The molecule has 1 aromatic heterocycles. The fourth-order valence-corrected chi connectivity index (χ4v) is 5.01. The lowest BCUT2D eigenvalue weighted by atomic mass is 10.0. The van der Waals surface area contributed by atoms with Gasteiger partial charge in [-0.2, -0.15) is 0 Å². The monoisotopic (exact) mass is 541 g/mol. The molecule has 1 heterocycles. The lowest BCUT2D eigenvalue weighted by Crippen LogP contribution is -2.33. The Labute approximate surface area is 223 Å². The third-order valence-electron chi connectivity index (χ3n) is 5.67. The molecule has 0 unspecified atom stereocenters. The van der Waals surface area contributed by atoms with Crippen LogP contribution in [0.1, 0.15) is 36.1 Å². The second kappa shape index (κ2) is 11.3. The Balaban J connectivity index is 1.44. The number of rotatable bonds is 8.